The molecule has 0 bridgehead atoms. The number of aryl methyl sites for hydroxylation is 1. The highest BCUT2D eigenvalue weighted by Gasteiger charge is 2.03. The fourth-order valence-electron chi connectivity index (χ4n) is 1.73. The van der Waals surface area contributed by atoms with Gasteiger partial charge in [-0.25, -0.2) is 4.39 Å². The zero-order valence-electron chi connectivity index (χ0n) is 10.5. The highest BCUT2D eigenvalue weighted by atomic mass is 19.1. The van der Waals surface area contributed by atoms with Crippen molar-refractivity contribution in [3.05, 3.63) is 47.5 Å². The van der Waals surface area contributed by atoms with E-state index in [2.05, 4.69) is 10.4 Å². The summed E-state index contributed by atoms with van der Waals surface area (Å²) < 4.78 is 20.1. The third-order valence-corrected chi connectivity index (χ3v) is 2.63. The molecule has 1 heterocycles. The van der Waals surface area contributed by atoms with Crippen molar-refractivity contribution in [2.45, 2.75) is 13.1 Å². The number of ether oxygens (including phenoxy) is 1. The standard InChI is InChI=1S/C13H16FN3O/c1-17-9-11(8-16-17)7-15-6-10-3-4-13(18-2)12(14)5-10/h3-5,8-9,15H,6-7H2,1-2H3. The Kier molecular flexibility index (Phi) is 3.94. The first-order chi connectivity index (χ1) is 8.69. The molecule has 0 aliphatic rings. The number of nitrogens with one attached hydrogen (secondary N) is 1. The zero-order valence-corrected chi connectivity index (χ0v) is 10.5. The van der Waals surface area contributed by atoms with Crippen LogP contribution in [0.1, 0.15) is 11.1 Å². The lowest BCUT2D eigenvalue weighted by molar-refractivity contribution is 0.386. The first-order valence-electron chi connectivity index (χ1n) is 5.69. The van der Waals surface area contributed by atoms with Gasteiger partial charge in [-0.15, -0.1) is 0 Å². The number of halogens is 1. The van der Waals surface area contributed by atoms with Crippen LogP contribution in [-0.4, -0.2) is 16.9 Å². The number of aromatic nitrogens is 2. The molecule has 1 aromatic carbocycles. The number of methoxy groups -OCH3 is 1. The highest BCUT2D eigenvalue weighted by molar-refractivity contribution is 5.29. The first kappa shape index (κ1) is 12.6. The van der Waals surface area contributed by atoms with Gasteiger partial charge in [0.1, 0.15) is 0 Å². The second kappa shape index (κ2) is 5.64. The molecule has 2 aromatic rings. The summed E-state index contributed by atoms with van der Waals surface area (Å²) in [4.78, 5) is 0. The van der Waals surface area contributed by atoms with Crippen LogP contribution in [0.15, 0.2) is 30.6 Å². The minimum Gasteiger partial charge on any atom is -0.494 e. The number of rotatable bonds is 5. The van der Waals surface area contributed by atoms with E-state index in [4.69, 9.17) is 4.74 Å². The SMILES string of the molecule is COc1ccc(CNCc2cnn(C)c2)cc1F. The molecule has 18 heavy (non-hydrogen) atoms. The van der Waals surface area contributed by atoms with Crippen LogP contribution in [-0.2, 0) is 20.1 Å². The van der Waals surface area contributed by atoms with E-state index in [-0.39, 0.29) is 11.6 Å². The lowest BCUT2D eigenvalue weighted by Gasteiger charge is -2.06. The molecule has 0 aliphatic carbocycles. The molecule has 0 atom stereocenters. The molecule has 0 saturated carbocycles. The second-order valence-corrected chi connectivity index (χ2v) is 4.09. The van der Waals surface area contributed by atoms with Gasteiger partial charge in [-0.3, -0.25) is 4.68 Å². The van der Waals surface area contributed by atoms with Gasteiger partial charge < -0.3 is 10.1 Å². The Morgan fingerprint density at radius 1 is 1.33 bits per heavy atom. The van der Waals surface area contributed by atoms with Crippen LogP contribution in [0.2, 0.25) is 0 Å². The van der Waals surface area contributed by atoms with Crippen molar-refractivity contribution in [1.29, 1.82) is 0 Å². The van der Waals surface area contributed by atoms with Gasteiger partial charge in [-0.1, -0.05) is 6.07 Å². The van der Waals surface area contributed by atoms with Crippen molar-refractivity contribution in [3.8, 4) is 5.75 Å². The van der Waals surface area contributed by atoms with Crippen molar-refractivity contribution < 1.29 is 9.13 Å². The predicted octanol–water partition coefficient (Wildman–Crippen LogP) is 1.86. The molecule has 1 N–H and O–H groups in total. The Balaban J connectivity index is 1.88. The summed E-state index contributed by atoms with van der Waals surface area (Å²) in [7, 11) is 3.33. The Bertz CT molecular complexity index is 525. The van der Waals surface area contributed by atoms with Gasteiger partial charge in [-0.05, 0) is 17.7 Å². The molecular weight excluding hydrogens is 233 g/mol. The fraction of sp³-hybridized carbons (Fsp3) is 0.308. The molecule has 1 aromatic heterocycles. The Morgan fingerprint density at radius 2 is 2.11 bits per heavy atom. The van der Waals surface area contributed by atoms with Crippen LogP contribution in [0.4, 0.5) is 4.39 Å². The molecule has 0 saturated heterocycles. The van der Waals surface area contributed by atoms with Crippen molar-refractivity contribution in [2.24, 2.45) is 7.05 Å². The molecule has 5 heteroatoms. The normalized spacial score (nSPS) is 10.6. The van der Waals surface area contributed by atoms with Crippen LogP contribution < -0.4 is 10.1 Å². The monoisotopic (exact) mass is 249 g/mol. The molecular formula is C13H16FN3O. The van der Waals surface area contributed by atoms with Gasteiger partial charge in [0.25, 0.3) is 0 Å². The highest BCUT2D eigenvalue weighted by Crippen LogP contribution is 2.17. The summed E-state index contributed by atoms with van der Waals surface area (Å²) in [6, 6.07) is 4.96. The largest absolute Gasteiger partial charge is 0.494 e. The Hall–Kier alpha value is -1.88. The molecule has 0 aliphatic heterocycles. The fourth-order valence-corrected chi connectivity index (χ4v) is 1.73. The molecule has 0 spiro atoms. The summed E-state index contributed by atoms with van der Waals surface area (Å²) in [6.45, 7) is 1.32. The Morgan fingerprint density at radius 3 is 2.72 bits per heavy atom. The average molecular weight is 249 g/mol. The lowest BCUT2D eigenvalue weighted by Crippen LogP contribution is -2.12. The molecule has 0 fully saturated rings. The second-order valence-electron chi connectivity index (χ2n) is 4.09. The van der Waals surface area contributed by atoms with E-state index in [0.29, 0.717) is 13.1 Å². The minimum absolute atomic E-state index is 0.269. The minimum atomic E-state index is -0.335. The van der Waals surface area contributed by atoms with E-state index in [9.17, 15) is 4.39 Å². The van der Waals surface area contributed by atoms with Gasteiger partial charge in [-0.2, -0.15) is 5.10 Å². The van der Waals surface area contributed by atoms with Crippen LogP contribution in [0, 0.1) is 5.82 Å². The van der Waals surface area contributed by atoms with Gasteiger partial charge in [0.2, 0.25) is 0 Å². The van der Waals surface area contributed by atoms with E-state index < -0.39 is 0 Å². The molecule has 0 amide bonds. The van der Waals surface area contributed by atoms with Crippen LogP contribution >= 0.6 is 0 Å². The maximum Gasteiger partial charge on any atom is 0.165 e. The molecule has 96 valence electrons. The lowest BCUT2D eigenvalue weighted by atomic mass is 10.2. The van der Waals surface area contributed by atoms with Gasteiger partial charge in [0.15, 0.2) is 11.6 Å². The van der Waals surface area contributed by atoms with E-state index >= 15 is 0 Å². The van der Waals surface area contributed by atoms with Gasteiger partial charge in [0, 0.05) is 31.9 Å². The molecule has 0 radical (unpaired) electrons. The first-order valence-corrected chi connectivity index (χ1v) is 5.69. The van der Waals surface area contributed by atoms with E-state index in [1.54, 1.807) is 10.7 Å². The summed E-state index contributed by atoms with van der Waals surface area (Å²) in [5, 5.41) is 7.31. The quantitative estimate of drug-likeness (QED) is 0.879. The maximum absolute atomic E-state index is 13.4. The smallest absolute Gasteiger partial charge is 0.165 e. The van der Waals surface area contributed by atoms with Gasteiger partial charge in [0.05, 0.1) is 13.3 Å². The van der Waals surface area contributed by atoms with Crippen molar-refractivity contribution in [1.82, 2.24) is 15.1 Å². The third kappa shape index (κ3) is 3.07. The van der Waals surface area contributed by atoms with Crippen molar-refractivity contribution >= 4 is 0 Å². The average Bonchev–Trinajstić information content (AvgIpc) is 2.75. The van der Waals surface area contributed by atoms with Gasteiger partial charge >= 0.3 is 0 Å². The van der Waals surface area contributed by atoms with Crippen LogP contribution in [0.3, 0.4) is 0 Å². The van der Waals surface area contributed by atoms with E-state index in [1.165, 1.54) is 13.2 Å². The number of benzene rings is 1. The zero-order chi connectivity index (χ0) is 13.0. The van der Waals surface area contributed by atoms with E-state index in [0.717, 1.165) is 11.1 Å². The van der Waals surface area contributed by atoms with E-state index in [1.807, 2.05) is 25.5 Å². The number of hydrogen-bond donors (Lipinski definition) is 1. The summed E-state index contributed by atoms with van der Waals surface area (Å²) in [6.07, 6.45) is 3.75. The number of nitrogens with zero attached hydrogens (tertiary/aromatic N) is 2. The third-order valence-electron chi connectivity index (χ3n) is 2.63. The molecule has 0 unspecified atom stereocenters. The molecule has 4 nitrogen and oxygen atoms in total. The van der Waals surface area contributed by atoms with Crippen molar-refractivity contribution in [2.75, 3.05) is 7.11 Å². The van der Waals surface area contributed by atoms with Crippen molar-refractivity contribution in [3.63, 3.8) is 0 Å². The molecule has 2 rings (SSSR count). The topological polar surface area (TPSA) is 39.1 Å². The summed E-state index contributed by atoms with van der Waals surface area (Å²) >= 11 is 0. The number of hydrogen-bond acceptors (Lipinski definition) is 3. The summed E-state index contributed by atoms with van der Waals surface area (Å²) in [5.41, 5.74) is 1.99. The summed E-state index contributed by atoms with van der Waals surface area (Å²) in [5.74, 6) is -0.0656. The maximum atomic E-state index is 13.4. The van der Waals surface area contributed by atoms with Crippen LogP contribution in [0.25, 0.3) is 0 Å². The van der Waals surface area contributed by atoms with Crippen LogP contribution in [0.5, 0.6) is 5.75 Å². The Labute approximate surface area is 105 Å². The predicted molar refractivity (Wildman–Crippen MR) is 66.7 cm³/mol.